The van der Waals surface area contributed by atoms with Gasteiger partial charge in [0.15, 0.2) is 0 Å². The topological polar surface area (TPSA) is 20.2 Å². The molecule has 0 aromatic rings. The van der Waals surface area contributed by atoms with E-state index in [-0.39, 0.29) is 6.10 Å². The standard InChI is InChI=1S/C8H16OS/c1-10-5-4-7-2-3-8(9)6-7/h7-9H,2-6H2,1H3. The van der Waals surface area contributed by atoms with Gasteiger partial charge in [-0.2, -0.15) is 11.8 Å². The van der Waals surface area contributed by atoms with Gasteiger partial charge < -0.3 is 5.11 Å². The third-order valence-corrected chi connectivity index (χ3v) is 2.89. The van der Waals surface area contributed by atoms with Crippen LogP contribution in [0.1, 0.15) is 25.7 Å². The van der Waals surface area contributed by atoms with Crippen LogP contribution in [0.3, 0.4) is 0 Å². The van der Waals surface area contributed by atoms with Crippen LogP contribution in [0.5, 0.6) is 0 Å². The SMILES string of the molecule is CSCCC1CCC(O)C1. The third-order valence-electron chi connectivity index (χ3n) is 2.24. The minimum atomic E-state index is 0.0202. The highest BCUT2D eigenvalue weighted by atomic mass is 32.2. The first-order valence-electron chi connectivity index (χ1n) is 4.00. The van der Waals surface area contributed by atoms with Crippen LogP contribution in [0, 0.1) is 5.92 Å². The Labute approximate surface area is 67.2 Å². The Morgan fingerprint density at radius 2 is 2.30 bits per heavy atom. The van der Waals surface area contributed by atoms with Crippen molar-refractivity contribution in [2.75, 3.05) is 12.0 Å². The Morgan fingerprint density at radius 3 is 2.80 bits per heavy atom. The quantitative estimate of drug-likeness (QED) is 0.680. The zero-order valence-electron chi connectivity index (χ0n) is 6.55. The molecule has 0 aliphatic heterocycles. The van der Waals surface area contributed by atoms with E-state index in [2.05, 4.69) is 6.26 Å². The van der Waals surface area contributed by atoms with Crippen molar-refractivity contribution in [3.05, 3.63) is 0 Å². The number of hydrogen-bond acceptors (Lipinski definition) is 2. The Bertz CT molecular complexity index is 95.3. The molecule has 2 atom stereocenters. The number of hydrogen-bond donors (Lipinski definition) is 1. The van der Waals surface area contributed by atoms with Crippen LogP contribution in [-0.4, -0.2) is 23.2 Å². The second kappa shape index (κ2) is 4.24. The summed E-state index contributed by atoms with van der Waals surface area (Å²) in [6.45, 7) is 0. The molecule has 1 aliphatic carbocycles. The Morgan fingerprint density at radius 1 is 1.50 bits per heavy atom. The Kier molecular flexibility index (Phi) is 3.57. The molecule has 2 heteroatoms. The van der Waals surface area contributed by atoms with Crippen LogP contribution in [0.25, 0.3) is 0 Å². The number of thioether (sulfide) groups is 1. The van der Waals surface area contributed by atoms with Crippen LogP contribution >= 0.6 is 11.8 Å². The van der Waals surface area contributed by atoms with Crippen molar-refractivity contribution >= 4 is 11.8 Å². The molecule has 0 radical (unpaired) electrons. The molecule has 1 nitrogen and oxygen atoms in total. The summed E-state index contributed by atoms with van der Waals surface area (Å²) in [6, 6.07) is 0. The number of rotatable bonds is 3. The van der Waals surface area contributed by atoms with E-state index in [0.29, 0.717) is 0 Å². The molecule has 2 unspecified atom stereocenters. The summed E-state index contributed by atoms with van der Waals surface area (Å²) >= 11 is 1.91. The minimum absolute atomic E-state index is 0.0202. The summed E-state index contributed by atoms with van der Waals surface area (Å²) in [6.07, 6.45) is 6.82. The molecule has 1 saturated carbocycles. The predicted molar refractivity (Wildman–Crippen MR) is 46.3 cm³/mol. The maximum Gasteiger partial charge on any atom is 0.0543 e. The van der Waals surface area contributed by atoms with Crippen molar-refractivity contribution in [2.45, 2.75) is 31.8 Å². The molecule has 10 heavy (non-hydrogen) atoms. The number of aliphatic hydroxyl groups is 1. The molecule has 60 valence electrons. The lowest BCUT2D eigenvalue weighted by atomic mass is 10.1. The molecular formula is C8H16OS. The van der Waals surface area contributed by atoms with E-state index >= 15 is 0 Å². The Balaban J connectivity index is 2.06. The molecule has 0 heterocycles. The van der Waals surface area contributed by atoms with Crippen LogP contribution < -0.4 is 0 Å². The van der Waals surface area contributed by atoms with E-state index in [1.54, 1.807) is 0 Å². The lowest BCUT2D eigenvalue weighted by Crippen LogP contribution is -2.00. The lowest BCUT2D eigenvalue weighted by molar-refractivity contribution is 0.177. The summed E-state index contributed by atoms with van der Waals surface area (Å²) in [7, 11) is 0. The van der Waals surface area contributed by atoms with Gasteiger partial charge in [0.05, 0.1) is 6.10 Å². The van der Waals surface area contributed by atoms with E-state index in [1.165, 1.54) is 18.6 Å². The fourth-order valence-corrected chi connectivity index (χ4v) is 2.16. The zero-order valence-corrected chi connectivity index (χ0v) is 7.36. The molecule has 1 N–H and O–H groups in total. The van der Waals surface area contributed by atoms with Gasteiger partial charge in [0, 0.05) is 0 Å². The summed E-state index contributed by atoms with van der Waals surface area (Å²) in [5.74, 6) is 2.08. The highest BCUT2D eigenvalue weighted by Crippen LogP contribution is 2.28. The van der Waals surface area contributed by atoms with E-state index in [0.717, 1.165) is 18.8 Å². The second-order valence-electron chi connectivity index (χ2n) is 3.11. The first-order chi connectivity index (χ1) is 4.83. The van der Waals surface area contributed by atoms with Gasteiger partial charge in [-0.3, -0.25) is 0 Å². The monoisotopic (exact) mass is 160 g/mol. The first-order valence-corrected chi connectivity index (χ1v) is 5.39. The summed E-state index contributed by atoms with van der Waals surface area (Å²) < 4.78 is 0. The van der Waals surface area contributed by atoms with Gasteiger partial charge in [-0.05, 0) is 43.6 Å². The molecule has 0 aromatic carbocycles. The van der Waals surface area contributed by atoms with Gasteiger partial charge >= 0.3 is 0 Å². The average molecular weight is 160 g/mol. The molecule has 1 aliphatic rings. The fourth-order valence-electron chi connectivity index (χ4n) is 1.60. The lowest BCUT2D eigenvalue weighted by Gasteiger charge is -2.06. The van der Waals surface area contributed by atoms with E-state index < -0.39 is 0 Å². The highest BCUT2D eigenvalue weighted by molar-refractivity contribution is 7.98. The normalized spacial score (nSPS) is 33.0. The maximum absolute atomic E-state index is 9.19. The smallest absolute Gasteiger partial charge is 0.0543 e. The van der Waals surface area contributed by atoms with Gasteiger partial charge in [-0.1, -0.05) is 0 Å². The second-order valence-corrected chi connectivity index (χ2v) is 4.10. The van der Waals surface area contributed by atoms with Crippen LogP contribution in [0.2, 0.25) is 0 Å². The van der Waals surface area contributed by atoms with Gasteiger partial charge in [-0.25, -0.2) is 0 Å². The molecule has 1 fully saturated rings. The van der Waals surface area contributed by atoms with E-state index in [4.69, 9.17) is 0 Å². The molecule has 1 rings (SSSR count). The van der Waals surface area contributed by atoms with Crippen LogP contribution in [0.4, 0.5) is 0 Å². The Hall–Kier alpha value is 0.310. The van der Waals surface area contributed by atoms with Crippen molar-refractivity contribution in [2.24, 2.45) is 5.92 Å². The van der Waals surface area contributed by atoms with Crippen molar-refractivity contribution in [3.63, 3.8) is 0 Å². The van der Waals surface area contributed by atoms with Crippen molar-refractivity contribution in [3.8, 4) is 0 Å². The van der Waals surface area contributed by atoms with Gasteiger partial charge in [-0.15, -0.1) is 0 Å². The molecular weight excluding hydrogens is 144 g/mol. The van der Waals surface area contributed by atoms with Crippen LogP contribution in [-0.2, 0) is 0 Å². The van der Waals surface area contributed by atoms with Crippen molar-refractivity contribution < 1.29 is 5.11 Å². The van der Waals surface area contributed by atoms with E-state index in [1.807, 2.05) is 11.8 Å². The third kappa shape index (κ3) is 2.51. The fraction of sp³-hybridized carbons (Fsp3) is 1.00. The average Bonchev–Trinajstić information content (AvgIpc) is 2.31. The predicted octanol–water partition coefficient (Wildman–Crippen LogP) is 1.90. The maximum atomic E-state index is 9.19. The molecule has 0 bridgehead atoms. The largest absolute Gasteiger partial charge is 0.393 e. The highest BCUT2D eigenvalue weighted by Gasteiger charge is 2.21. The van der Waals surface area contributed by atoms with Gasteiger partial charge in [0.1, 0.15) is 0 Å². The van der Waals surface area contributed by atoms with Crippen molar-refractivity contribution in [1.29, 1.82) is 0 Å². The minimum Gasteiger partial charge on any atom is -0.393 e. The molecule has 0 saturated heterocycles. The van der Waals surface area contributed by atoms with Crippen molar-refractivity contribution in [1.82, 2.24) is 0 Å². The molecule has 0 amide bonds. The first kappa shape index (κ1) is 8.41. The van der Waals surface area contributed by atoms with Gasteiger partial charge in [0.2, 0.25) is 0 Å². The summed E-state index contributed by atoms with van der Waals surface area (Å²) in [5.41, 5.74) is 0. The van der Waals surface area contributed by atoms with E-state index in [9.17, 15) is 5.11 Å². The van der Waals surface area contributed by atoms with Crippen LogP contribution in [0.15, 0.2) is 0 Å². The molecule has 0 aromatic heterocycles. The summed E-state index contributed by atoms with van der Waals surface area (Å²) in [4.78, 5) is 0. The number of aliphatic hydroxyl groups excluding tert-OH is 1. The summed E-state index contributed by atoms with van der Waals surface area (Å²) in [5, 5.41) is 9.19. The van der Waals surface area contributed by atoms with Gasteiger partial charge in [0.25, 0.3) is 0 Å². The zero-order chi connectivity index (χ0) is 7.40. The molecule has 0 spiro atoms.